The average molecular weight is 324 g/mol. The lowest BCUT2D eigenvalue weighted by molar-refractivity contribution is -0.137. The van der Waals surface area contributed by atoms with Gasteiger partial charge in [0.25, 0.3) is 0 Å². The Kier molecular flexibility index (Phi) is 5.44. The molecule has 20 heavy (non-hydrogen) atoms. The minimum atomic E-state index is -4.59. The summed E-state index contributed by atoms with van der Waals surface area (Å²) in [5.41, 5.74) is -1.42. The second-order valence-electron chi connectivity index (χ2n) is 3.83. The Labute approximate surface area is 119 Å². The van der Waals surface area contributed by atoms with E-state index >= 15 is 0 Å². The van der Waals surface area contributed by atoms with E-state index in [0.717, 1.165) is 30.2 Å². The van der Waals surface area contributed by atoms with E-state index in [0.29, 0.717) is 4.90 Å². The van der Waals surface area contributed by atoms with E-state index in [1.807, 2.05) is 0 Å². The van der Waals surface area contributed by atoms with E-state index in [-0.39, 0.29) is 12.3 Å². The number of nitrogens with zero attached hydrogens (tertiary/aromatic N) is 1. The van der Waals surface area contributed by atoms with Crippen molar-refractivity contribution in [3.8, 4) is 6.07 Å². The monoisotopic (exact) mass is 324 g/mol. The molecule has 0 spiro atoms. The molecule has 9 heteroatoms. The van der Waals surface area contributed by atoms with E-state index in [2.05, 4.69) is 4.72 Å². The van der Waals surface area contributed by atoms with Crippen molar-refractivity contribution in [3.63, 3.8) is 0 Å². The van der Waals surface area contributed by atoms with Gasteiger partial charge in [0.05, 0.1) is 23.5 Å². The van der Waals surface area contributed by atoms with E-state index in [1.165, 1.54) is 12.1 Å². The summed E-state index contributed by atoms with van der Waals surface area (Å²) in [6, 6.07) is 4.90. The van der Waals surface area contributed by atoms with Gasteiger partial charge in [-0.15, -0.1) is 11.8 Å². The highest BCUT2D eigenvalue weighted by Gasteiger charge is 2.33. The molecule has 1 rings (SSSR count). The van der Waals surface area contributed by atoms with E-state index in [1.54, 1.807) is 0 Å². The summed E-state index contributed by atoms with van der Waals surface area (Å²) in [5.74, 6) is 0.288. The van der Waals surface area contributed by atoms with E-state index < -0.39 is 27.3 Å². The second kappa shape index (κ2) is 6.47. The van der Waals surface area contributed by atoms with Gasteiger partial charge in [-0.2, -0.15) is 18.4 Å². The number of rotatable bonds is 5. The first-order chi connectivity index (χ1) is 9.13. The van der Waals surface area contributed by atoms with Crippen LogP contribution in [0.1, 0.15) is 11.1 Å². The zero-order valence-electron chi connectivity index (χ0n) is 10.4. The summed E-state index contributed by atoms with van der Waals surface area (Å²) in [6.07, 6.45) is -3.59. The first kappa shape index (κ1) is 16.8. The number of halogens is 3. The highest BCUT2D eigenvalue weighted by molar-refractivity contribution is 7.99. The van der Waals surface area contributed by atoms with Crippen molar-refractivity contribution in [2.45, 2.75) is 11.1 Å². The van der Waals surface area contributed by atoms with Crippen LogP contribution >= 0.6 is 11.8 Å². The number of alkyl halides is 3. The van der Waals surface area contributed by atoms with Gasteiger partial charge in [-0.1, -0.05) is 0 Å². The molecule has 0 bridgehead atoms. The summed E-state index contributed by atoms with van der Waals surface area (Å²) < 4.78 is 62.0. The van der Waals surface area contributed by atoms with Crippen LogP contribution in [-0.4, -0.2) is 27.0 Å². The van der Waals surface area contributed by atoms with Crippen molar-refractivity contribution < 1.29 is 21.6 Å². The predicted molar refractivity (Wildman–Crippen MR) is 69.7 cm³/mol. The molecule has 1 aromatic carbocycles. The maximum Gasteiger partial charge on any atom is 0.417 e. The lowest BCUT2D eigenvalue weighted by Crippen LogP contribution is -2.24. The zero-order chi connectivity index (χ0) is 15.4. The molecule has 0 unspecified atom stereocenters. The van der Waals surface area contributed by atoms with Crippen molar-refractivity contribution in [2.75, 3.05) is 18.6 Å². The molecule has 1 aromatic rings. The highest BCUT2D eigenvalue weighted by atomic mass is 32.2. The van der Waals surface area contributed by atoms with Crippen LogP contribution in [0.5, 0.6) is 0 Å². The predicted octanol–water partition coefficient (Wildman–Crippen LogP) is 2.22. The fourth-order valence-electron chi connectivity index (χ4n) is 1.34. The largest absolute Gasteiger partial charge is 0.417 e. The van der Waals surface area contributed by atoms with Crippen LogP contribution in [-0.2, 0) is 16.2 Å². The molecule has 0 atom stereocenters. The minimum absolute atomic E-state index is 0.116. The van der Waals surface area contributed by atoms with E-state index in [4.69, 9.17) is 5.26 Å². The Hall–Kier alpha value is -1.24. The molecule has 110 valence electrons. The van der Waals surface area contributed by atoms with Crippen LogP contribution in [0, 0.1) is 11.3 Å². The van der Waals surface area contributed by atoms with Gasteiger partial charge < -0.3 is 0 Å². The molecular formula is C11H11F3N2O2S2. The average Bonchev–Trinajstić information content (AvgIpc) is 2.32. The van der Waals surface area contributed by atoms with Crippen molar-refractivity contribution >= 4 is 21.8 Å². The second-order valence-corrected chi connectivity index (χ2v) is 6.83. The molecule has 0 saturated carbocycles. The Morgan fingerprint density at radius 1 is 1.40 bits per heavy atom. The molecular weight excluding hydrogens is 313 g/mol. The molecule has 0 saturated heterocycles. The number of nitrogens with one attached hydrogen (secondary N) is 1. The van der Waals surface area contributed by atoms with Crippen LogP contribution < -0.4 is 4.72 Å². The highest BCUT2D eigenvalue weighted by Crippen LogP contribution is 2.34. The van der Waals surface area contributed by atoms with Crippen molar-refractivity contribution in [2.24, 2.45) is 0 Å². The van der Waals surface area contributed by atoms with Crippen molar-refractivity contribution in [1.29, 1.82) is 5.26 Å². The number of benzene rings is 1. The molecule has 1 N–H and O–H groups in total. The molecule has 0 amide bonds. The smallest absolute Gasteiger partial charge is 0.215 e. The van der Waals surface area contributed by atoms with Crippen LogP contribution in [0.2, 0.25) is 0 Å². The van der Waals surface area contributed by atoms with Crippen molar-refractivity contribution in [1.82, 2.24) is 4.72 Å². The summed E-state index contributed by atoms with van der Waals surface area (Å²) in [5, 5.41) is 8.64. The minimum Gasteiger partial charge on any atom is -0.215 e. The van der Waals surface area contributed by atoms with E-state index in [9.17, 15) is 21.6 Å². The Bertz CT molecular complexity index is 622. The summed E-state index contributed by atoms with van der Waals surface area (Å²) >= 11 is 1.07. The lowest BCUT2D eigenvalue weighted by atomic mass is 10.1. The summed E-state index contributed by atoms with van der Waals surface area (Å²) in [7, 11) is -3.31. The van der Waals surface area contributed by atoms with Crippen molar-refractivity contribution in [3.05, 3.63) is 29.3 Å². The van der Waals surface area contributed by atoms with Crippen LogP contribution in [0.15, 0.2) is 23.1 Å². The normalized spacial score (nSPS) is 12.2. The van der Waals surface area contributed by atoms with Gasteiger partial charge in [0, 0.05) is 17.2 Å². The number of nitriles is 1. The van der Waals surface area contributed by atoms with Gasteiger partial charge in [-0.05, 0) is 18.2 Å². The van der Waals surface area contributed by atoms with Crippen LogP contribution in [0.4, 0.5) is 13.2 Å². The molecule has 0 fully saturated rings. The Morgan fingerprint density at radius 3 is 2.55 bits per heavy atom. The fraction of sp³-hybridized carbons (Fsp3) is 0.364. The molecule has 4 nitrogen and oxygen atoms in total. The summed E-state index contributed by atoms with van der Waals surface area (Å²) in [6.45, 7) is 0.116. The SMILES string of the molecule is CS(=O)(=O)NCCSc1ccc(C#N)c(C(F)(F)F)c1. The first-order valence-corrected chi connectivity index (χ1v) is 8.20. The van der Waals surface area contributed by atoms with Gasteiger partial charge in [0.1, 0.15) is 0 Å². The third-order valence-electron chi connectivity index (χ3n) is 2.15. The first-order valence-electron chi connectivity index (χ1n) is 5.32. The van der Waals surface area contributed by atoms with Crippen LogP contribution in [0.3, 0.4) is 0 Å². The number of thioether (sulfide) groups is 1. The van der Waals surface area contributed by atoms with Crippen LogP contribution in [0.25, 0.3) is 0 Å². The zero-order valence-corrected chi connectivity index (χ0v) is 12.0. The Morgan fingerprint density at radius 2 is 2.05 bits per heavy atom. The number of hydrogen-bond donors (Lipinski definition) is 1. The maximum atomic E-state index is 12.7. The standard InChI is InChI=1S/C11H11F3N2O2S2/c1-20(17,18)16-4-5-19-9-3-2-8(7-15)10(6-9)11(12,13)14/h2-3,6,16H,4-5H2,1H3. The lowest BCUT2D eigenvalue weighted by Gasteiger charge is -2.10. The van der Waals surface area contributed by atoms with Gasteiger partial charge >= 0.3 is 6.18 Å². The number of sulfonamides is 1. The van der Waals surface area contributed by atoms with Gasteiger partial charge in [0.2, 0.25) is 10.0 Å². The molecule has 0 aliphatic heterocycles. The third kappa shape index (κ3) is 5.40. The Balaban J connectivity index is 2.76. The maximum absolute atomic E-state index is 12.7. The van der Waals surface area contributed by atoms with Gasteiger partial charge in [0.15, 0.2) is 0 Å². The summed E-state index contributed by atoms with van der Waals surface area (Å²) in [4.78, 5) is 0.326. The quantitative estimate of drug-likeness (QED) is 0.666. The fourth-order valence-corrected chi connectivity index (χ4v) is 2.75. The molecule has 0 aliphatic carbocycles. The molecule has 0 aliphatic rings. The molecule has 0 radical (unpaired) electrons. The topological polar surface area (TPSA) is 70.0 Å². The third-order valence-corrected chi connectivity index (χ3v) is 3.88. The molecule has 0 aromatic heterocycles. The van der Waals surface area contributed by atoms with Gasteiger partial charge in [-0.25, -0.2) is 13.1 Å². The van der Waals surface area contributed by atoms with Gasteiger partial charge in [-0.3, -0.25) is 0 Å². The number of hydrogen-bond acceptors (Lipinski definition) is 4. The molecule has 0 heterocycles.